The first-order valence-corrected chi connectivity index (χ1v) is 7.46. The molecule has 4 nitrogen and oxygen atoms in total. The molecule has 0 aliphatic rings. The summed E-state index contributed by atoms with van der Waals surface area (Å²) in [7, 11) is 0. The van der Waals surface area contributed by atoms with E-state index in [1.165, 1.54) is 0 Å². The van der Waals surface area contributed by atoms with Crippen LogP contribution in [0.4, 0.5) is 11.5 Å². The van der Waals surface area contributed by atoms with Crippen molar-refractivity contribution >= 4 is 23.3 Å². The van der Waals surface area contributed by atoms with Gasteiger partial charge in [0.2, 0.25) is 0 Å². The highest BCUT2D eigenvalue weighted by Gasteiger charge is 2.10. The van der Waals surface area contributed by atoms with E-state index < -0.39 is 0 Å². The standard InChI is InChI=1S/C14H18N4S/c1-19-14-10-13(16-11-17-14)18(9-5-8-15)12-6-3-2-4-7-12/h2-4,6-7,10-11H,5,8-9,15H2,1H3. The lowest BCUT2D eigenvalue weighted by molar-refractivity contribution is 0.805. The first-order valence-electron chi connectivity index (χ1n) is 6.24. The smallest absolute Gasteiger partial charge is 0.137 e. The second kappa shape index (κ2) is 7.11. The van der Waals surface area contributed by atoms with Crippen LogP contribution in [0.15, 0.2) is 47.8 Å². The van der Waals surface area contributed by atoms with Gasteiger partial charge in [0.25, 0.3) is 0 Å². The average molecular weight is 274 g/mol. The number of nitrogens with zero attached hydrogens (tertiary/aromatic N) is 3. The molecule has 0 fully saturated rings. The van der Waals surface area contributed by atoms with Crippen LogP contribution in [0.5, 0.6) is 0 Å². The van der Waals surface area contributed by atoms with E-state index >= 15 is 0 Å². The third-order valence-corrected chi connectivity index (χ3v) is 3.41. The molecule has 0 aliphatic carbocycles. The zero-order valence-corrected chi connectivity index (χ0v) is 11.8. The molecular weight excluding hydrogens is 256 g/mol. The predicted molar refractivity (Wildman–Crippen MR) is 80.9 cm³/mol. The fourth-order valence-electron chi connectivity index (χ4n) is 1.82. The number of hydrogen-bond donors (Lipinski definition) is 1. The molecule has 1 aromatic carbocycles. The Hall–Kier alpha value is -1.59. The molecule has 0 radical (unpaired) electrons. The number of anilines is 2. The summed E-state index contributed by atoms with van der Waals surface area (Å²) < 4.78 is 0. The Morgan fingerprint density at radius 1 is 1.21 bits per heavy atom. The van der Waals surface area contributed by atoms with Crippen LogP contribution in [0.3, 0.4) is 0 Å². The molecule has 1 aromatic heterocycles. The molecule has 2 N–H and O–H groups in total. The Labute approximate surface area is 118 Å². The molecule has 19 heavy (non-hydrogen) atoms. The third kappa shape index (κ3) is 3.68. The zero-order chi connectivity index (χ0) is 13.5. The van der Waals surface area contributed by atoms with Crippen molar-refractivity contribution in [3.63, 3.8) is 0 Å². The highest BCUT2D eigenvalue weighted by molar-refractivity contribution is 7.98. The largest absolute Gasteiger partial charge is 0.330 e. The molecule has 0 amide bonds. The maximum Gasteiger partial charge on any atom is 0.137 e. The van der Waals surface area contributed by atoms with Gasteiger partial charge in [0, 0.05) is 18.3 Å². The molecule has 0 saturated heterocycles. The minimum atomic E-state index is 0.670. The number of aromatic nitrogens is 2. The lowest BCUT2D eigenvalue weighted by Gasteiger charge is -2.23. The van der Waals surface area contributed by atoms with Crippen molar-refractivity contribution in [1.82, 2.24) is 9.97 Å². The molecule has 100 valence electrons. The Morgan fingerprint density at radius 3 is 2.68 bits per heavy atom. The predicted octanol–water partition coefficient (Wildman–Crippen LogP) is 2.69. The summed E-state index contributed by atoms with van der Waals surface area (Å²) in [5.41, 5.74) is 6.75. The molecule has 2 rings (SSSR count). The summed E-state index contributed by atoms with van der Waals surface area (Å²) in [5.74, 6) is 0.916. The van der Waals surface area contributed by atoms with E-state index in [4.69, 9.17) is 5.73 Å². The number of nitrogens with two attached hydrogens (primary N) is 1. The fourth-order valence-corrected chi connectivity index (χ4v) is 2.20. The third-order valence-electron chi connectivity index (χ3n) is 2.77. The normalized spacial score (nSPS) is 10.4. The molecule has 0 spiro atoms. The van der Waals surface area contributed by atoms with Crippen molar-refractivity contribution in [3.05, 3.63) is 42.7 Å². The van der Waals surface area contributed by atoms with Crippen LogP contribution in [0.25, 0.3) is 0 Å². The van der Waals surface area contributed by atoms with Crippen molar-refractivity contribution in [2.45, 2.75) is 11.4 Å². The van der Waals surface area contributed by atoms with Gasteiger partial charge in [-0.2, -0.15) is 0 Å². The van der Waals surface area contributed by atoms with Gasteiger partial charge in [-0.15, -0.1) is 11.8 Å². The number of thioether (sulfide) groups is 1. The van der Waals surface area contributed by atoms with Crippen molar-refractivity contribution in [2.24, 2.45) is 5.73 Å². The molecule has 0 bridgehead atoms. The van der Waals surface area contributed by atoms with Crippen LogP contribution in [0, 0.1) is 0 Å². The molecule has 0 saturated carbocycles. The van der Waals surface area contributed by atoms with Crippen molar-refractivity contribution in [1.29, 1.82) is 0 Å². The number of rotatable bonds is 6. The van der Waals surface area contributed by atoms with Crippen LogP contribution in [-0.2, 0) is 0 Å². The van der Waals surface area contributed by atoms with Crippen LogP contribution in [0.1, 0.15) is 6.42 Å². The van der Waals surface area contributed by atoms with Crippen LogP contribution >= 0.6 is 11.8 Å². The van der Waals surface area contributed by atoms with Gasteiger partial charge in [-0.1, -0.05) is 18.2 Å². The number of hydrogen-bond acceptors (Lipinski definition) is 5. The molecular formula is C14H18N4S. The van der Waals surface area contributed by atoms with Gasteiger partial charge in [-0.05, 0) is 31.4 Å². The van der Waals surface area contributed by atoms with E-state index in [0.29, 0.717) is 6.54 Å². The van der Waals surface area contributed by atoms with Crippen molar-refractivity contribution in [2.75, 3.05) is 24.2 Å². The summed E-state index contributed by atoms with van der Waals surface area (Å²) in [5, 5.41) is 0.971. The van der Waals surface area contributed by atoms with E-state index in [2.05, 4.69) is 27.0 Å². The maximum atomic E-state index is 5.63. The summed E-state index contributed by atoms with van der Waals surface area (Å²) >= 11 is 1.62. The second-order valence-electron chi connectivity index (χ2n) is 4.05. The van der Waals surface area contributed by atoms with Crippen LogP contribution in [0.2, 0.25) is 0 Å². The molecule has 5 heteroatoms. The Balaban J connectivity index is 2.31. The van der Waals surface area contributed by atoms with E-state index in [1.807, 2.05) is 30.5 Å². The molecule has 0 aliphatic heterocycles. The fraction of sp³-hybridized carbons (Fsp3) is 0.286. The Kier molecular flexibility index (Phi) is 5.18. The lowest BCUT2D eigenvalue weighted by Crippen LogP contribution is -2.22. The monoisotopic (exact) mass is 274 g/mol. The molecule has 1 heterocycles. The van der Waals surface area contributed by atoms with Gasteiger partial charge < -0.3 is 10.6 Å². The van der Waals surface area contributed by atoms with Gasteiger partial charge in [0.15, 0.2) is 0 Å². The summed E-state index contributed by atoms with van der Waals surface area (Å²) in [6.07, 6.45) is 4.55. The summed E-state index contributed by atoms with van der Waals surface area (Å²) in [4.78, 5) is 10.8. The van der Waals surface area contributed by atoms with Gasteiger partial charge in [-0.25, -0.2) is 9.97 Å². The first kappa shape index (κ1) is 13.8. The van der Waals surface area contributed by atoms with Crippen LogP contribution in [-0.4, -0.2) is 29.3 Å². The molecule has 0 atom stereocenters. The van der Waals surface area contributed by atoms with Crippen LogP contribution < -0.4 is 10.6 Å². The van der Waals surface area contributed by atoms with Gasteiger partial charge in [-0.3, -0.25) is 0 Å². The first-order chi connectivity index (χ1) is 9.35. The Bertz CT molecular complexity index is 504. The van der Waals surface area contributed by atoms with Gasteiger partial charge >= 0.3 is 0 Å². The SMILES string of the molecule is CSc1cc(N(CCCN)c2ccccc2)ncn1. The minimum Gasteiger partial charge on any atom is -0.330 e. The number of para-hydroxylation sites is 1. The number of benzene rings is 1. The van der Waals surface area contributed by atoms with E-state index in [1.54, 1.807) is 18.1 Å². The van der Waals surface area contributed by atoms with Crippen molar-refractivity contribution < 1.29 is 0 Å². The average Bonchev–Trinajstić information content (AvgIpc) is 2.49. The lowest BCUT2D eigenvalue weighted by atomic mass is 10.2. The van der Waals surface area contributed by atoms with Gasteiger partial charge in [0.05, 0.1) is 0 Å². The quantitative estimate of drug-likeness (QED) is 0.648. The zero-order valence-electron chi connectivity index (χ0n) is 11.0. The highest BCUT2D eigenvalue weighted by Crippen LogP contribution is 2.25. The topological polar surface area (TPSA) is 55.0 Å². The van der Waals surface area contributed by atoms with E-state index in [9.17, 15) is 0 Å². The highest BCUT2D eigenvalue weighted by atomic mass is 32.2. The van der Waals surface area contributed by atoms with E-state index in [0.717, 1.165) is 29.5 Å². The summed E-state index contributed by atoms with van der Waals surface area (Å²) in [6.45, 7) is 1.52. The van der Waals surface area contributed by atoms with Crippen molar-refractivity contribution in [3.8, 4) is 0 Å². The minimum absolute atomic E-state index is 0.670. The Morgan fingerprint density at radius 2 is 2.00 bits per heavy atom. The molecule has 0 unspecified atom stereocenters. The van der Waals surface area contributed by atoms with Gasteiger partial charge in [0.1, 0.15) is 17.2 Å². The van der Waals surface area contributed by atoms with E-state index in [-0.39, 0.29) is 0 Å². The second-order valence-corrected chi connectivity index (χ2v) is 4.87. The molecule has 2 aromatic rings. The maximum absolute atomic E-state index is 5.63. The summed E-state index contributed by atoms with van der Waals surface area (Å²) in [6, 6.07) is 12.2.